The lowest BCUT2D eigenvalue weighted by Gasteiger charge is -2.06. The first-order valence-electron chi connectivity index (χ1n) is 5.53. The summed E-state index contributed by atoms with van der Waals surface area (Å²) in [5.41, 5.74) is 0.687. The molecule has 1 aromatic carbocycles. The zero-order chi connectivity index (χ0) is 13.1. The Morgan fingerprint density at radius 2 is 2.33 bits per heavy atom. The van der Waals surface area contributed by atoms with E-state index in [0.717, 1.165) is 0 Å². The zero-order valence-corrected chi connectivity index (χ0v) is 9.92. The van der Waals surface area contributed by atoms with E-state index in [4.69, 9.17) is 14.6 Å². The predicted octanol–water partition coefficient (Wildman–Crippen LogP) is 1.09. The Morgan fingerprint density at radius 1 is 1.56 bits per heavy atom. The van der Waals surface area contributed by atoms with Gasteiger partial charge in [0, 0.05) is 0 Å². The fraction of sp³-hybridized carbons (Fsp3) is 0.308. The van der Waals surface area contributed by atoms with Gasteiger partial charge in [-0.25, -0.2) is 0 Å². The summed E-state index contributed by atoms with van der Waals surface area (Å²) >= 11 is 0. The van der Waals surface area contributed by atoms with Crippen LogP contribution < -0.4 is 4.74 Å². The molecule has 2 N–H and O–H groups in total. The normalized spacial score (nSPS) is 21.1. The van der Waals surface area contributed by atoms with Crippen LogP contribution in [0.5, 0.6) is 11.5 Å². The summed E-state index contributed by atoms with van der Waals surface area (Å²) in [6, 6.07) is 4.73. The minimum absolute atomic E-state index is 0.0338. The van der Waals surface area contributed by atoms with Crippen LogP contribution in [0.2, 0.25) is 0 Å². The van der Waals surface area contributed by atoms with Gasteiger partial charge in [-0.05, 0) is 23.8 Å². The van der Waals surface area contributed by atoms with Gasteiger partial charge in [0.05, 0.1) is 20.1 Å². The van der Waals surface area contributed by atoms with Crippen LogP contribution in [0.25, 0.3) is 6.08 Å². The number of allylic oxidation sites excluding steroid dienone is 1. The van der Waals surface area contributed by atoms with Gasteiger partial charge in [0.15, 0.2) is 17.3 Å². The van der Waals surface area contributed by atoms with Gasteiger partial charge in [0.25, 0.3) is 0 Å². The number of Topliss-reactive ketones (excluding diaryl/α,β-unsaturated/α-hetero) is 1. The molecular formula is C13H14O5. The van der Waals surface area contributed by atoms with Crippen LogP contribution in [0.1, 0.15) is 12.0 Å². The standard InChI is InChI=1S/C13H14O5/c1-17-12-4-8(2-3-10(12)15)5-13-11(16)6-9(7-14)18-13/h2-5,9,14-15H,6-7H2,1H3/b13-5-. The van der Waals surface area contributed by atoms with E-state index in [-0.39, 0.29) is 30.3 Å². The number of ether oxygens (including phenoxy) is 2. The highest BCUT2D eigenvalue weighted by atomic mass is 16.5. The monoisotopic (exact) mass is 250 g/mol. The van der Waals surface area contributed by atoms with Crippen molar-refractivity contribution in [1.29, 1.82) is 0 Å². The van der Waals surface area contributed by atoms with Crippen molar-refractivity contribution < 1.29 is 24.5 Å². The minimum Gasteiger partial charge on any atom is -0.504 e. The molecule has 1 fully saturated rings. The first-order valence-corrected chi connectivity index (χ1v) is 5.53. The van der Waals surface area contributed by atoms with E-state index in [9.17, 15) is 9.90 Å². The van der Waals surface area contributed by atoms with Crippen molar-refractivity contribution in [2.45, 2.75) is 12.5 Å². The zero-order valence-electron chi connectivity index (χ0n) is 9.92. The molecule has 0 bridgehead atoms. The number of aliphatic hydroxyl groups is 1. The van der Waals surface area contributed by atoms with Crippen molar-refractivity contribution in [2.24, 2.45) is 0 Å². The van der Waals surface area contributed by atoms with E-state index >= 15 is 0 Å². The second-order valence-corrected chi connectivity index (χ2v) is 3.99. The summed E-state index contributed by atoms with van der Waals surface area (Å²) in [6.07, 6.45) is 1.31. The highest BCUT2D eigenvalue weighted by molar-refractivity contribution is 5.99. The average molecular weight is 250 g/mol. The second kappa shape index (κ2) is 5.10. The van der Waals surface area contributed by atoms with Crippen molar-refractivity contribution in [2.75, 3.05) is 13.7 Å². The van der Waals surface area contributed by atoms with E-state index in [1.807, 2.05) is 0 Å². The Balaban J connectivity index is 2.25. The van der Waals surface area contributed by atoms with Crippen molar-refractivity contribution in [3.8, 4) is 11.5 Å². The van der Waals surface area contributed by atoms with E-state index < -0.39 is 6.10 Å². The van der Waals surface area contributed by atoms with Gasteiger partial charge in [-0.2, -0.15) is 0 Å². The fourth-order valence-electron chi connectivity index (χ4n) is 1.75. The van der Waals surface area contributed by atoms with Gasteiger partial charge in [-0.15, -0.1) is 0 Å². The van der Waals surface area contributed by atoms with Gasteiger partial charge < -0.3 is 19.7 Å². The molecule has 0 spiro atoms. The maximum absolute atomic E-state index is 11.6. The molecule has 1 heterocycles. The lowest BCUT2D eigenvalue weighted by molar-refractivity contribution is -0.115. The number of methoxy groups -OCH3 is 1. The first-order chi connectivity index (χ1) is 8.63. The maximum Gasteiger partial charge on any atom is 0.201 e. The fourth-order valence-corrected chi connectivity index (χ4v) is 1.75. The number of hydrogen-bond acceptors (Lipinski definition) is 5. The molecule has 2 rings (SSSR count). The number of carbonyl (C=O) groups excluding carboxylic acids is 1. The number of rotatable bonds is 3. The largest absolute Gasteiger partial charge is 0.504 e. The number of carbonyl (C=O) groups is 1. The van der Waals surface area contributed by atoms with Crippen LogP contribution in [0.15, 0.2) is 24.0 Å². The van der Waals surface area contributed by atoms with Crippen LogP contribution >= 0.6 is 0 Å². The molecule has 1 saturated heterocycles. The Bertz CT molecular complexity index is 492. The van der Waals surface area contributed by atoms with Gasteiger partial charge in [0.1, 0.15) is 6.10 Å². The molecular weight excluding hydrogens is 236 g/mol. The van der Waals surface area contributed by atoms with E-state index in [2.05, 4.69) is 0 Å². The molecule has 1 atom stereocenters. The SMILES string of the molecule is COc1cc(/C=C2\OC(CO)CC2=O)ccc1O. The number of aliphatic hydroxyl groups excluding tert-OH is 1. The van der Waals surface area contributed by atoms with Crippen LogP contribution in [0.3, 0.4) is 0 Å². The topological polar surface area (TPSA) is 76.0 Å². The molecule has 0 aliphatic carbocycles. The molecule has 18 heavy (non-hydrogen) atoms. The van der Waals surface area contributed by atoms with E-state index in [0.29, 0.717) is 11.3 Å². The van der Waals surface area contributed by atoms with Gasteiger partial charge in [0.2, 0.25) is 5.78 Å². The quantitative estimate of drug-likeness (QED) is 0.785. The third-order valence-corrected chi connectivity index (χ3v) is 2.69. The molecule has 1 aliphatic heterocycles. The molecule has 0 aromatic heterocycles. The van der Waals surface area contributed by atoms with Crippen molar-refractivity contribution in [3.05, 3.63) is 29.5 Å². The Morgan fingerprint density at radius 3 is 2.94 bits per heavy atom. The van der Waals surface area contributed by atoms with Crippen LogP contribution in [-0.2, 0) is 9.53 Å². The Labute approximate surface area is 104 Å². The Kier molecular flexibility index (Phi) is 3.53. The number of ketones is 1. The summed E-state index contributed by atoms with van der Waals surface area (Å²) in [5, 5.41) is 18.4. The van der Waals surface area contributed by atoms with Gasteiger partial charge >= 0.3 is 0 Å². The number of aromatic hydroxyl groups is 1. The molecule has 5 heteroatoms. The Hall–Kier alpha value is -2.01. The number of benzene rings is 1. The first kappa shape index (κ1) is 12.4. The van der Waals surface area contributed by atoms with Crippen LogP contribution in [0, 0.1) is 0 Å². The third-order valence-electron chi connectivity index (χ3n) is 2.69. The van der Waals surface area contributed by atoms with Gasteiger partial charge in [-0.1, -0.05) is 6.07 Å². The molecule has 5 nitrogen and oxygen atoms in total. The second-order valence-electron chi connectivity index (χ2n) is 3.99. The predicted molar refractivity (Wildman–Crippen MR) is 64.2 cm³/mol. The molecule has 1 aromatic rings. The number of hydrogen-bond donors (Lipinski definition) is 2. The lowest BCUT2D eigenvalue weighted by atomic mass is 10.1. The highest BCUT2D eigenvalue weighted by Crippen LogP contribution is 2.28. The average Bonchev–Trinajstić information content (AvgIpc) is 2.72. The van der Waals surface area contributed by atoms with Gasteiger partial charge in [-0.3, -0.25) is 4.79 Å². The smallest absolute Gasteiger partial charge is 0.201 e. The lowest BCUT2D eigenvalue weighted by Crippen LogP contribution is -2.09. The molecule has 96 valence electrons. The third kappa shape index (κ3) is 2.46. The summed E-state index contributed by atoms with van der Waals surface area (Å²) < 4.78 is 10.3. The van der Waals surface area contributed by atoms with E-state index in [1.54, 1.807) is 18.2 Å². The molecule has 0 radical (unpaired) electrons. The highest BCUT2D eigenvalue weighted by Gasteiger charge is 2.28. The molecule has 0 amide bonds. The van der Waals surface area contributed by atoms with Crippen LogP contribution in [0.4, 0.5) is 0 Å². The summed E-state index contributed by atoms with van der Waals surface area (Å²) in [4.78, 5) is 11.6. The number of phenols is 1. The molecule has 0 saturated carbocycles. The molecule has 1 aliphatic rings. The maximum atomic E-state index is 11.6. The van der Waals surface area contributed by atoms with Crippen LogP contribution in [-0.4, -0.2) is 35.8 Å². The summed E-state index contributed by atoms with van der Waals surface area (Å²) in [5.74, 6) is 0.447. The van der Waals surface area contributed by atoms with Crippen molar-refractivity contribution >= 4 is 11.9 Å². The van der Waals surface area contributed by atoms with Crippen molar-refractivity contribution in [3.63, 3.8) is 0 Å². The van der Waals surface area contributed by atoms with E-state index in [1.165, 1.54) is 13.2 Å². The summed E-state index contributed by atoms with van der Waals surface area (Å²) in [6.45, 7) is -0.179. The molecule has 1 unspecified atom stereocenters. The number of phenolic OH excluding ortho intramolecular Hbond substituents is 1. The summed E-state index contributed by atoms with van der Waals surface area (Å²) in [7, 11) is 1.45. The van der Waals surface area contributed by atoms with Crippen molar-refractivity contribution in [1.82, 2.24) is 0 Å². The minimum atomic E-state index is -0.456.